The summed E-state index contributed by atoms with van der Waals surface area (Å²) in [5.41, 5.74) is 5.27. The number of nitrogens with two attached hydrogens (primary N) is 1. The fourth-order valence-corrected chi connectivity index (χ4v) is 3.00. The number of amides is 1. The number of nitrogens with one attached hydrogen (secondary N) is 1. The largest absolute Gasteiger partial charge is 0.409 e. The summed E-state index contributed by atoms with van der Waals surface area (Å²) in [7, 11) is 0. The molecule has 114 valence electrons. The molecule has 7 heteroatoms. The number of halogens is 2. The van der Waals surface area contributed by atoms with Crippen molar-refractivity contribution in [3.05, 3.63) is 34.1 Å². The Balaban J connectivity index is 2.23. The number of amidine groups is 1. The van der Waals surface area contributed by atoms with Gasteiger partial charge in [-0.25, -0.2) is 4.39 Å². The average Bonchev–Trinajstić information content (AvgIpc) is 2.50. The first-order valence-electron chi connectivity index (χ1n) is 6.74. The molecule has 0 atom stereocenters. The minimum Gasteiger partial charge on any atom is -0.409 e. The van der Waals surface area contributed by atoms with Crippen LogP contribution in [0.25, 0.3) is 0 Å². The van der Waals surface area contributed by atoms with E-state index in [4.69, 9.17) is 10.9 Å². The third-order valence-electron chi connectivity index (χ3n) is 3.84. The van der Waals surface area contributed by atoms with Crippen LogP contribution in [-0.2, 0) is 0 Å². The number of nitrogens with zero attached hydrogens (tertiary/aromatic N) is 1. The quantitative estimate of drug-likeness (QED) is 0.336. The van der Waals surface area contributed by atoms with Crippen LogP contribution in [0.4, 0.5) is 4.39 Å². The molecule has 1 aliphatic carbocycles. The van der Waals surface area contributed by atoms with Crippen LogP contribution in [0.2, 0.25) is 0 Å². The predicted octanol–water partition coefficient (Wildman–Crippen LogP) is 2.77. The molecule has 0 aliphatic heterocycles. The predicted molar refractivity (Wildman–Crippen MR) is 80.8 cm³/mol. The van der Waals surface area contributed by atoms with Crippen LogP contribution < -0.4 is 11.1 Å². The lowest BCUT2D eigenvalue weighted by Gasteiger charge is -2.36. The molecule has 0 unspecified atom stereocenters. The first-order valence-corrected chi connectivity index (χ1v) is 7.53. The molecule has 0 aromatic heterocycles. The van der Waals surface area contributed by atoms with Gasteiger partial charge in [0.05, 0.1) is 4.47 Å². The minimum atomic E-state index is -0.828. The fraction of sp³-hybridized carbons (Fsp3) is 0.429. The lowest BCUT2D eigenvalue weighted by atomic mass is 9.80. The van der Waals surface area contributed by atoms with Crippen LogP contribution in [-0.4, -0.2) is 22.5 Å². The van der Waals surface area contributed by atoms with E-state index in [1.165, 1.54) is 18.2 Å². The first-order chi connectivity index (χ1) is 9.98. The Labute approximate surface area is 130 Å². The van der Waals surface area contributed by atoms with Crippen molar-refractivity contribution in [1.82, 2.24) is 5.32 Å². The zero-order chi connectivity index (χ0) is 15.5. The van der Waals surface area contributed by atoms with Gasteiger partial charge in [0.15, 0.2) is 5.84 Å². The normalized spacial score (nSPS) is 18.3. The average molecular weight is 358 g/mol. The van der Waals surface area contributed by atoms with Crippen molar-refractivity contribution >= 4 is 27.7 Å². The Hall–Kier alpha value is -1.63. The van der Waals surface area contributed by atoms with Crippen LogP contribution in [0.15, 0.2) is 27.8 Å². The lowest BCUT2D eigenvalue weighted by Crippen LogP contribution is -2.58. The third-order valence-corrected chi connectivity index (χ3v) is 4.45. The Bertz CT molecular complexity index is 571. The second kappa shape index (κ2) is 6.43. The van der Waals surface area contributed by atoms with Gasteiger partial charge in [-0.05, 0) is 47.0 Å². The van der Waals surface area contributed by atoms with Crippen molar-refractivity contribution in [2.24, 2.45) is 10.9 Å². The number of hydrogen-bond acceptors (Lipinski definition) is 3. The SMILES string of the molecule is N/C(=N/O)C1(NC(=O)c2ccc(F)c(Br)c2)CCCCC1. The van der Waals surface area contributed by atoms with Crippen LogP contribution in [0.1, 0.15) is 42.5 Å². The van der Waals surface area contributed by atoms with Gasteiger partial charge in [-0.15, -0.1) is 0 Å². The molecule has 1 aliphatic rings. The van der Waals surface area contributed by atoms with Gasteiger partial charge >= 0.3 is 0 Å². The van der Waals surface area contributed by atoms with Crippen LogP contribution in [0.5, 0.6) is 0 Å². The molecular weight excluding hydrogens is 341 g/mol. The van der Waals surface area contributed by atoms with E-state index in [-0.39, 0.29) is 16.2 Å². The fourth-order valence-electron chi connectivity index (χ4n) is 2.62. The Morgan fingerprint density at radius 2 is 2.05 bits per heavy atom. The van der Waals surface area contributed by atoms with Gasteiger partial charge in [-0.1, -0.05) is 24.4 Å². The molecule has 0 spiro atoms. The van der Waals surface area contributed by atoms with Gasteiger partial charge in [0.1, 0.15) is 11.4 Å². The monoisotopic (exact) mass is 357 g/mol. The topological polar surface area (TPSA) is 87.7 Å². The number of carbonyl (C=O) groups is 1. The molecule has 0 bridgehead atoms. The Morgan fingerprint density at radius 1 is 1.38 bits per heavy atom. The van der Waals surface area contributed by atoms with E-state index >= 15 is 0 Å². The maximum atomic E-state index is 13.2. The number of oxime groups is 1. The van der Waals surface area contributed by atoms with Gasteiger partial charge in [0, 0.05) is 5.56 Å². The summed E-state index contributed by atoms with van der Waals surface area (Å²) in [5.74, 6) is -0.795. The second-order valence-electron chi connectivity index (χ2n) is 5.21. The van der Waals surface area contributed by atoms with Gasteiger partial charge in [0.2, 0.25) is 0 Å². The minimum absolute atomic E-state index is 0.0109. The van der Waals surface area contributed by atoms with E-state index < -0.39 is 11.4 Å². The molecule has 1 aromatic carbocycles. The van der Waals surface area contributed by atoms with Crippen molar-refractivity contribution < 1.29 is 14.4 Å². The zero-order valence-corrected chi connectivity index (χ0v) is 13.0. The molecule has 21 heavy (non-hydrogen) atoms. The Kier molecular flexibility index (Phi) is 4.82. The Morgan fingerprint density at radius 3 is 2.62 bits per heavy atom. The highest BCUT2D eigenvalue weighted by Gasteiger charge is 2.38. The van der Waals surface area contributed by atoms with Crippen molar-refractivity contribution in [3.63, 3.8) is 0 Å². The molecule has 2 rings (SSSR count). The molecule has 1 saturated carbocycles. The van der Waals surface area contributed by atoms with E-state index in [0.29, 0.717) is 18.4 Å². The van der Waals surface area contributed by atoms with E-state index in [2.05, 4.69) is 26.4 Å². The number of carbonyl (C=O) groups excluding carboxylic acids is 1. The third kappa shape index (κ3) is 3.34. The van der Waals surface area contributed by atoms with Crippen molar-refractivity contribution in [1.29, 1.82) is 0 Å². The van der Waals surface area contributed by atoms with Gasteiger partial charge in [-0.3, -0.25) is 4.79 Å². The highest BCUT2D eigenvalue weighted by molar-refractivity contribution is 9.10. The summed E-state index contributed by atoms with van der Waals surface area (Å²) in [4.78, 5) is 12.4. The van der Waals surface area contributed by atoms with E-state index in [9.17, 15) is 9.18 Å². The van der Waals surface area contributed by atoms with Crippen molar-refractivity contribution in [3.8, 4) is 0 Å². The summed E-state index contributed by atoms with van der Waals surface area (Å²) in [6, 6.07) is 4.03. The number of hydrogen-bond donors (Lipinski definition) is 3. The maximum absolute atomic E-state index is 13.2. The zero-order valence-electron chi connectivity index (χ0n) is 11.4. The van der Waals surface area contributed by atoms with E-state index in [0.717, 1.165) is 19.3 Å². The summed E-state index contributed by atoms with van der Waals surface area (Å²) in [6.07, 6.45) is 4.08. The lowest BCUT2D eigenvalue weighted by molar-refractivity contribution is 0.0905. The van der Waals surface area contributed by atoms with Crippen molar-refractivity contribution in [2.75, 3.05) is 0 Å². The summed E-state index contributed by atoms with van der Waals surface area (Å²) < 4.78 is 13.4. The molecule has 0 radical (unpaired) electrons. The molecule has 1 aromatic rings. The molecule has 0 saturated heterocycles. The number of rotatable bonds is 3. The summed E-state index contributed by atoms with van der Waals surface area (Å²) >= 11 is 3.05. The number of benzene rings is 1. The first kappa shape index (κ1) is 15.8. The highest BCUT2D eigenvalue weighted by atomic mass is 79.9. The van der Waals surface area contributed by atoms with E-state index in [1.54, 1.807) is 0 Å². The highest BCUT2D eigenvalue weighted by Crippen LogP contribution is 2.29. The summed E-state index contributed by atoms with van der Waals surface area (Å²) in [5, 5.41) is 14.9. The maximum Gasteiger partial charge on any atom is 0.252 e. The van der Waals surface area contributed by atoms with Crippen molar-refractivity contribution in [2.45, 2.75) is 37.6 Å². The van der Waals surface area contributed by atoms with Gasteiger partial charge < -0.3 is 16.3 Å². The molecular formula is C14H17BrFN3O2. The molecule has 5 nitrogen and oxygen atoms in total. The molecule has 1 fully saturated rings. The van der Waals surface area contributed by atoms with Crippen LogP contribution in [0.3, 0.4) is 0 Å². The smallest absolute Gasteiger partial charge is 0.252 e. The molecule has 0 heterocycles. The molecule has 1 amide bonds. The van der Waals surface area contributed by atoms with E-state index in [1.807, 2.05) is 0 Å². The van der Waals surface area contributed by atoms with Crippen LogP contribution in [0, 0.1) is 5.82 Å². The second-order valence-corrected chi connectivity index (χ2v) is 6.07. The van der Waals surface area contributed by atoms with Gasteiger partial charge in [-0.2, -0.15) is 0 Å². The van der Waals surface area contributed by atoms with Gasteiger partial charge in [0.25, 0.3) is 5.91 Å². The standard InChI is InChI=1S/C14H17BrFN3O2/c15-10-8-9(4-5-11(10)16)12(20)18-14(13(17)19-21)6-2-1-3-7-14/h4-5,8,21H,1-3,6-7H2,(H2,17,19)(H,18,20). The molecule has 4 N–H and O–H groups in total. The summed E-state index contributed by atoms with van der Waals surface area (Å²) in [6.45, 7) is 0. The van der Waals surface area contributed by atoms with Crippen LogP contribution >= 0.6 is 15.9 Å².